The first-order valence-corrected chi connectivity index (χ1v) is 7.70. The van der Waals surface area contributed by atoms with Crippen LogP contribution < -0.4 is 15.6 Å². The van der Waals surface area contributed by atoms with Crippen molar-refractivity contribution in [1.29, 1.82) is 0 Å². The summed E-state index contributed by atoms with van der Waals surface area (Å²) in [7, 11) is 1.42. The van der Waals surface area contributed by atoms with Crippen LogP contribution in [0.4, 0.5) is 0 Å². The Balaban J connectivity index is 2.07. The van der Waals surface area contributed by atoms with Crippen molar-refractivity contribution in [3.8, 4) is 11.5 Å². The number of hydrazone groups is 1. The average Bonchev–Trinajstić information content (AvgIpc) is 2.62. The summed E-state index contributed by atoms with van der Waals surface area (Å²) in [4.78, 5) is 23.2. The number of ether oxygens (including phenoxy) is 1. The monoisotopic (exact) mass is 407 g/mol. The van der Waals surface area contributed by atoms with Gasteiger partial charge in [0, 0.05) is 21.2 Å². The third-order valence-corrected chi connectivity index (χ3v) is 3.87. The minimum Gasteiger partial charge on any atom is -0.504 e. The molecule has 0 saturated carbocycles. The molecular weight excluding hydrogens is 394 g/mol. The first kappa shape index (κ1) is 18.4. The van der Waals surface area contributed by atoms with E-state index >= 15 is 0 Å². The van der Waals surface area contributed by atoms with Crippen molar-refractivity contribution in [3.05, 3.63) is 57.6 Å². The standard InChI is InChI=1S/C16H14BrN3O5/c1-25-14-6-11(12(17)7-13(14)21)8-18-19-15(22)9-2-4-10(5-3-9)16(23)20-24/h2-8,21,24H,1H3,(H,19,22)(H,20,23)/b18-8+. The average molecular weight is 408 g/mol. The second kappa shape index (κ2) is 8.27. The SMILES string of the molecule is COc1cc(/C=N/NC(=O)c2ccc(C(=O)NO)cc2)c(Br)cc1O. The number of carbonyl (C=O) groups is 2. The van der Waals surface area contributed by atoms with Crippen molar-refractivity contribution in [3.63, 3.8) is 0 Å². The van der Waals surface area contributed by atoms with Gasteiger partial charge in [-0.05, 0) is 52.3 Å². The van der Waals surface area contributed by atoms with Gasteiger partial charge in [-0.15, -0.1) is 0 Å². The minimum atomic E-state index is -0.670. The number of amides is 2. The zero-order chi connectivity index (χ0) is 18.4. The van der Waals surface area contributed by atoms with Crippen LogP contribution in [0.1, 0.15) is 26.3 Å². The van der Waals surface area contributed by atoms with Gasteiger partial charge in [-0.3, -0.25) is 14.8 Å². The number of carbonyl (C=O) groups excluding carboxylic acids is 2. The molecule has 9 heteroatoms. The molecule has 0 heterocycles. The van der Waals surface area contributed by atoms with Crippen molar-refractivity contribution >= 4 is 34.0 Å². The van der Waals surface area contributed by atoms with E-state index in [0.717, 1.165) is 0 Å². The van der Waals surface area contributed by atoms with Gasteiger partial charge in [-0.1, -0.05) is 0 Å². The molecule has 8 nitrogen and oxygen atoms in total. The fourth-order valence-electron chi connectivity index (χ4n) is 1.88. The number of methoxy groups -OCH3 is 1. The van der Waals surface area contributed by atoms with E-state index in [-0.39, 0.29) is 22.6 Å². The zero-order valence-electron chi connectivity index (χ0n) is 13.0. The maximum Gasteiger partial charge on any atom is 0.274 e. The quantitative estimate of drug-likeness (QED) is 0.343. The first-order chi connectivity index (χ1) is 12.0. The highest BCUT2D eigenvalue weighted by Crippen LogP contribution is 2.31. The van der Waals surface area contributed by atoms with Gasteiger partial charge in [0.1, 0.15) is 0 Å². The van der Waals surface area contributed by atoms with Crippen LogP contribution in [0.5, 0.6) is 11.5 Å². The van der Waals surface area contributed by atoms with Crippen molar-refractivity contribution in [2.75, 3.05) is 7.11 Å². The number of rotatable bonds is 5. The summed E-state index contributed by atoms with van der Waals surface area (Å²) in [6.07, 6.45) is 1.39. The number of aromatic hydroxyl groups is 1. The van der Waals surface area contributed by atoms with E-state index in [1.54, 1.807) is 6.07 Å². The van der Waals surface area contributed by atoms with E-state index in [1.807, 2.05) is 0 Å². The Hall–Kier alpha value is -2.91. The summed E-state index contributed by atoms with van der Waals surface area (Å²) in [5.74, 6) is -0.901. The molecule has 4 N–H and O–H groups in total. The summed E-state index contributed by atoms with van der Waals surface area (Å²) >= 11 is 3.27. The Kier molecular flexibility index (Phi) is 6.09. The van der Waals surface area contributed by atoms with Gasteiger partial charge in [-0.25, -0.2) is 10.9 Å². The van der Waals surface area contributed by atoms with Crippen LogP contribution in [0.2, 0.25) is 0 Å². The van der Waals surface area contributed by atoms with E-state index in [2.05, 4.69) is 26.5 Å². The molecule has 0 aliphatic carbocycles. The smallest absolute Gasteiger partial charge is 0.274 e. The van der Waals surface area contributed by atoms with E-state index in [4.69, 9.17) is 9.94 Å². The van der Waals surface area contributed by atoms with Crippen LogP contribution in [0.25, 0.3) is 0 Å². The summed E-state index contributed by atoms with van der Waals surface area (Å²) in [5.41, 5.74) is 4.94. The van der Waals surface area contributed by atoms with Crippen molar-refractivity contribution < 1.29 is 24.6 Å². The number of hydrogen-bond donors (Lipinski definition) is 4. The van der Waals surface area contributed by atoms with E-state index in [0.29, 0.717) is 10.0 Å². The topological polar surface area (TPSA) is 120 Å². The van der Waals surface area contributed by atoms with Gasteiger partial charge >= 0.3 is 0 Å². The Morgan fingerprint density at radius 1 is 1.16 bits per heavy atom. The van der Waals surface area contributed by atoms with Crippen LogP contribution in [-0.2, 0) is 0 Å². The van der Waals surface area contributed by atoms with Gasteiger partial charge in [0.05, 0.1) is 13.3 Å². The maximum atomic E-state index is 12.0. The fraction of sp³-hybridized carbons (Fsp3) is 0.0625. The minimum absolute atomic E-state index is 0.0254. The number of phenols is 1. The molecular formula is C16H14BrN3O5. The molecule has 0 aliphatic heterocycles. The van der Waals surface area contributed by atoms with Crippen LogP contribution in [-0.4, -0.2) is 35.5 Å². The molecule has 0 bridgehead atoms. The van der Waals surface area contributed by atoms with Crippen LogP contribution >= 0.6 is 15.9 Å². The normalized spacial score (nSPS) is 10.5. The lowest BCUT2D eigenvalue weighted by molar-refractivity contribution is 0.0706. The number of nitrogens with zero attached hydrogens (tertiary/aromatic N) is 1. The number of halogens is 1. The lowest BCUT2D eigenvalue weighted by Crippen LogP contribution is -2.20. The van der Waals surface area contributed by atoms with Gasteiger partial charge in [-0.2, -0.15) is 5.10 Å². The molecule has 0 radical (unpaired) electrons. The number of hydrogen-bond acceptors (Lipinski definition) is 6. The lowest BCUT2D eigenvalue weighted by Gasteiger charge is -2.06. The van der Waals surface area contributed by atoms with Crippen molar-refractivity contribution in [2.24, 2.45) is 5.10 Å². The number of phenolic OH excluding ortho intramolecular Hbond substituents is 1. The highest BCUT2D eigenvalue weighted by atomic mass is 79.9. The molecule has 0 fully saturated rings. The summed E-state index contributed by atoms with van der Waals surface area (Å²) < 4.78 is 5.58. The lowest BCUT2D eigenvalue weighted by atomic mass is 10.1. The van der Waals surface area contributed by atoms with E-state index < -0.39 is 11.8 Å². The van der Waals surface area contributed by atoms with E-state index in [9.17, 15) is 14.7 Å². The molecule has 25 heavy (non-hydrogen) atoms. The van der Waals surface area contributed by atoms with Crippen LogP contribution in [0, 0.1) is 0 Å². The molecule has 0 spiro atoms. The molecule has 0 unspecified atom stereocenters. The van der Waals surface area contributed by atoms with E-state index in [1.165, 1.54) is 49.1 Å². The Morgan fingerprint density at radius 3 is 2.32 bits per heavy atom. The molecule has 0 saturated heterocycles. The summed E-state index contributed by atoms with van der Waals surface area (Å²) in [6.45, 7) is 0. The van der Waals surface area contributed by atoms with Crippen molar-refractivity contribution in [1.82, 2.24) is 10.9 Å². The first-order valence-electron chi connectivity index (χ1n) is 6.90. The van der Waals surface area contributed by atoms with Crippen LogP contribution in [0.3, 0.4) is 0 Å². The Morgan fingerprint density at radius 2 is 1.76 bits per heavy atom. The molecule has 0 aromatic heterocycles. The van der Waals surface area contributed by atoms with Crippen molar-refractivity contribution in [2.45, 2.75) is 0 Å². The molecule has 0 aliphatic rings. The number of nitrogens with one attached hydrogen (secondary N) is 2. The second-order valence-corrected chi connectivity index (χ2v) is 5.62. The molecule has 2 rings (SSSR count). The maximum absolute atomic E-state index is 12.0. The second-order valence-electron chi connectivity index (χ2n) is 4.76. The third-order valence-electron chi connectivity index (χ3n) is 3.18. The molecule has 0 atom stereocenters. The predicted octanol–water partition coefficient (Wildman–Crippen LogP) is 2.05. The highest BCUT2D eigenvalue weighted by Gasteiger charge is 2.09. The van der Waals surface area contributed by atoms with Gasteiger partial charge in [0.2, 0.25) is 0 Å². The Bertz CT molecular complexity index is 821. The molecule has 2 aromatic carbocycles. The molecule has 2 aromatic rings. The largest absolute Gasteiger partial charge is 0.504 e. The Labute approximate surface area is 151 Å². The van der Waals surface area contributed by atoms with Gasteiger partial charge in [0.25, 0.3) is 11.8 Å². The predicted molar refractivity (Wildman–Crippen MR) is 93.1 cm³/mol. The molecule has 130 valence electrons. The fourth-order valence-corrected chi connectivity index (χ4v) is 2.32. The summed E-state index contributed by atoms with van der Waals surface area (Å²) in [5, 5.41) is 22.0. The number of benzene rings is 2. The molecule has 2 amide bonds. The highest BCUT2D eigenvalue weighted by molar-refractivity contribution is 9.10. The number of hydroxylamine groups is 1. The van der Waals surface area contributed by atoms with Crippen LogP contribution in [0.15, 0.2) is 46.0 Å². The zero-order valence-corrected chi connectivity index (χ0v) is 14.6. The third kappa shape index (κ3) is 4.55. The summed E-state index contributed by atoms with van der Waals surface area (Å²) in [6, 6.07) is 8.64. The van der Waals surface area contributed by atoms with Gasteiger partial charge < -0.3 is 9.84 Å². The van der Waals surface area contributed by atoms with Gasteiger partial charge in [0.15, 0.2) is 11.5 Å².